The van der Waals surface area contributed by atoms with E-state index in [1.165, 1.54) is 5.56 Å². The van der Waals surface area contributed by atoms with Crippen molar-refractivity contribution < 1.29 is 19.4 Å². The average molecular weight is 655 g/mol. The van der Waals surface area contributed by atoms with Gasteiger partial charge in [0, 0.05) is 80.0 Å². The van der Waals surface area contributed by atoms with Crippen LogP contribution in [0.2, 0.25) is 5.02 Å². The highest BCUT2D eigenvalue weighted by atomic mass is 35.5. The zero-order valence-electron chi connectivity index (χ0n) is 26.6. The van der Waals surface area contributed by atoms with Crippen LogP contribution in [0.5, 0.6) is 5.75 Å². The summed E-state index contributed by atoms with van der Waals surface area (Å²) < 4.78 is 5.88. The number of fused-ring (bicyclic) bond motifs is 1. The number of methoxy groups -OCH3 is 1. The van der Waals surface area contributed by atoms with Crippen LogP contribution >= 0.6 is 11.6 Å². The van der Waals surface area contributed by atoms with Gasteiger partial charge in [0.05, 0.1) is 24.4 Å². The third-order valence-corrected chi connectivity index (χ3v) is 9.26. The van der Waals surface area contributed by atoms with E-state index >= 15 is 0 Å². The largest absolute Gasteiger partial charge is 0.496 e. The fourth-order valence-electron chi connectivity index (χ4n) is 6.36. The Labute approximate surface area is 279 Å². The molecule has 4 heterocycles. The van der Waals surface area contributed by atoms with E-state index in [-0.39, 0.29) is 24.5 Å². The lowest BCUT2D eigenvalue weighted by molar-refractivity contribution is -0.119. The van der Waals surface area contributed by atoms with Crippen molar-refractivity contribution in [2.75, 3.05) is 38.7 Å². The maximum Gasteiger partial charge on any atom is 0.274 e. The highest BCUT2D eigenvalue weighted by molar-refractivity contribution is 6.35. The molecule has 2 aliphatic rings. The lowest BCUT2D eigenvalue weighted by Gasteiger charge is -2.32. The lowest BCUT2D eigenvalue weighted by Crippen LogP contribution is -2.41. The molecule has 2 aliphatic heterocycles. The van der Waals surface area contributed by atoms with Gasteiger partial charge in [0.1, 0.15) is 11.4 Å². The first kappa shape index (κ1) is 32.6. The van der Waals surface area contributed by atoms with E-state index in [1.54, 1.807) is 25.6 Å². The van der Waals surface area contributed by atoms with Crippen LogP contribution < -0.4 is 20.7 Å². The maximum absolute atomic E-state index is 13.1. The van der Waals surface area contributed by atoms with Crippen LogP contribution in [0.25, 0.3) is 22.4 Å². The summed E-state index contributed by atoms with van der Waals surface area (Å²) in [6.45, 7) is 5.55. The smallest absolute Gasteiger partial charge is 0.274 e. The minimum Gasteiger partial charge on any atom is -0.496 e. The predicted molar refractivity (Wildman–Crippen MR) is 183 cm³/mol. The molecule has 0 radical (unpaired) electrons. The Balaban J connectivity index is 1.22. The quantitative estimate of drug-likeness (QED) is 0.171. The summed E-state index contributed by atoms with van der Waals surface area (Å²) in [5.41, 5.74) is 8.35. The molecule has 0 spiro atoms. The second-order valence-corrected chi connectivity index (χ2v) is 12.4. The molecule has 2 aromatic heterocycles. The molecule has 1 unspecified atom stereocenters. The Morgan fingerprint density at radius 2 is 2.02 bits per heavy atom. The minimum absolute atomic E-state index is 0.0604. The number of aromatic nitrogens is 2. The maximum atomic E-state index is 13.1. The molecule has 2 amide bonds. The van der Waals surface area contributed by atoms with Gasteiger partial charge < -0.3 is 25.8 Å². The van der Waals surface area contributed by atoms with E-state index in [9.17, 15) is 9.59 Å². The van der Waals surface area contributed by atoms with Crippen molar-refractivity contribution in [3.8, 4) is 28.1 Å². The van der Waals surface area contributed by atoms with Crippen molar-refractivity contribution in [3.63, 3.8) is 0 Å². The highest BCUT2D eigenvalue weighted by Crippen LogP contribution is 2.40. The van der Waals surface area contributed by atoms with Gasteiger partial charge >= 0.3 is 0 Å². The Bertz CT molecular complexity index is 1760. The molecule has 11 heteroatoms. The van der Waals surface area contributed by atoms with Crippen LogP contribution in [-0.4, -0.2) is 71.2 Å². The molecule has 0 aliphatic carbocycles. The molecule has 0 saturated carbocycles. The molecule has 4 N–H and O–H groups in total. The standard InChI is InChI=1S/C36H39ClN6O4/c1-22-27(4-3-5-30(22)42-36(46)31-8-6-23(19-40-31)18-38-13-15-44)28-10-12-39-35(34(28)37)25-16-24-11-14-43(20-26-7-9-33(45)41-26)21-29(24)32(17-25)47-2/h3-6,8,10,12,16-17,19,26,38,44H,7,9,11,13-15,18,20-21H2,1-2H3,(H,41,45)(H,42,46). The number of benzene rings is 2. The van der Waals surface area contributed by atoms with Crippen LogP contribution in [0, 0.1) is 6.92 Å². The number of hydrogen-bond donors (Lipinski definition) is 4. The number of carbonyl (C=O) groups excluding carboxylic acids is 2. The normalized spacial score (nSPS) is 16.1. The van der Waals surface area contributed by atoms with Gasteiger partial charge in [-0.3, -0.25) is 24.5 Å². The molecule has 4 aromatic rings. The Morgan fingerprint density at radius 3 is 2.77 bits per heavy atom. The third kappa shape index (κ3) is 7.31. The fraction of sp³-hybridized carbons (Fsp3) is 0.333. The number of aliphatic hydroxyl groups excluding tert-OH is 1. The number of amides is 2. The van der Waals surface area contributed by atoms with Crippen LogP contribution in [0.4, 0.5) is 5.69 Å². The Hall–Kier alpha value is -4.35. The van der Waals surface area contributed by atoms with Crippen molar-refractivity contribution in [3.05, 3.63) is 93.9 Å². The summed E-state index contributed by atoms with van der Waals surface area (Å²) in [4.78, 5) is 36.2. The van der Waals surface area contributed by atoms with Gasteiger partial charge in [-0.2, -0.15) is 0 Å². The number of aliphatic hydroxyl groups is 1. The van der Waals surface area contributed by atoms with Gasteiger partial charge in [-0.1, -0.05) is 29.8 Å². The number of hydrogen-bond acceptors (Lipinski definition) is 8. The number of pyridine rings is 2. The van der Waals surface area contributed by atoms with E-state index in [2.05, 4.69) is 36.9 Å². The number of anilines is 1. The van der Waals surface area contributed by atoms with E-state index in [1.807, 2.05) is 43.3 Å². The molecule has 0 bridgehead atoms. The Kier molecular flexibility index (Phi) is 10.1. The number of halogens is 1. The topological polar surface area (TPSA) is 129 Å². The highest BCUT2D eigenvalue weighted by Gasteiger charge is 2.27. The van der Waals surface area contributed by atoms with Crippen LogP contribution in [0.1, 0.15) is 45.6 Å². The first-order valence-electron chi connectivity index (χ1n) is 15.9. The predicted octanol–water partition coefficient (Wildman–Crippen LogP) is 4.75. The summed E-state index contributed by atoms with van der Waals surface area (Å²) in [5.74, 6) is 0.621. The Morgan fingerprint density at radius 1 is 1.15 bits per heavy atom. The second kappa shape index (κ2) is 14.6. The van der Waals surface area contributed by atoms with Gasteiger partial charge in [0.15, 0.2) is 0 Å². The van der Waals surface area contributed by atoms with Crippen LogP contribution in [-0.2, 0) is 24.3 Å². The molecule has 47 heavy (non-hydrogen) atoms. The van der Waals surface area contributed by atoms with Gasteiger partial charge in [0.25, 0.3) is 5.91 Å². The first-order chi connectivity index (χ1) is 22.8. The summed E-state index contributed by atoms with van der Waals surface area (Å²) in [5, 5.41) is 18.6. The lowest BCUT2D eigenvalue weighted by atomic mass is 9.93. The number of rotatable bonds is 11. The summed E-state index contributed by atoms with van der Waals surface area (Å²) in [6, 6.07) is 15.5. The minimum atomic E-state index is -0.311. The third-order valence-electron chi connectivity index (χ3n) is 8.87. The average Bonchev–Trinajstić information content (AvgIpc) is 3.50. The molecule has 2 aromatic carbocycles. The molecule has 1 saturated heterocycles. The van der Waals surface area contributed by atoms with Crippen molar-refractivity contribution >= 4 is 29.1 Å². The molecule has 6 rings (SSSR count). The molecule has 10 nitrogen and oxygen atoms in total. The van der Waals surface area contributed by atoms with Gasteiger partial charge in [-0.25, -0.2) is 0 Å². The van der Waals surface area contributed by atoms with Crippen molar-refractivity contribution in [1.82, 2.24) is 25.5 Å². The zero-order valence-corrected chi connectivity index (χ0v) is 27.4. The van der Waals surface area contributed by atoms with Crippen molar-refractivity contribution in [2.45, 2.75) is 45.3 Å². The molecule has 244 valence electrons. The van der Waals surface area contributed by atoms with E-state index in [4.69, 9.17) is 21.4 Å². The number of carbonyl (C=O) groups is 2. The number of nitrogens with one attached hydrogen (secondary N) is 3. The van der Waals surface area contributed by atoms with Crippen LogP contribution in [0.15, 0.2) is 60.9 Å². The molecule has 1 atom stereocenters. The monoisotopic (exact) mass is 654 g/mol. The van der Waals surface area contributed by atoms with Gasteiger partial charge in [-0.15, -0.1) is 0 Å². The summed E-state index contributed by atoms with van der Waals surface area (Å²) in [6.07, 6.45) is 5.75. The van der Waals surface area contributed by atoms with Crippen molar-refractivity contribution in [2.24, 2.45) is 0 Å². The summed E-state index contributed by atoms with van der Waals surface area (Å²) in [7, 11) is 1.69. The van der Waals surface area contributed by atoms with Gasteiger partial charge in [-0.05, 0) is 72.4 Å². The zero-order chi connectivity index (χ0) is 32.9. The first-order valence-corrected chi connectivity index (χ1v) is 16.3. The van der Waals surface area contributed by atoms with Crippen molar-refractivity contribution in [1.29, 1.82) is 0 Å². The summed E-state index contributed by atoms with van der Waals surface area (Å²) >= 11 is 7.11. The fourth-order valence-corrected chi connectivity index (χ4v) is 6.69. The molecular weight excluding hydrogens is 616 g/mol. The van der Waals surface area contributed by atoms with E-state index in [0.717, 1.165) is 71.6 Å². The van der Waals surface area contributed by atoms with Gasteiger partial charge in [0.2, 0.25) is 5.91 Å². The SMILES string of the molecule is COc1cc(-c2nccc(-c3cccc(NC(=O)c4ccc(CNCCO)cn4)c3C)c2Cl)cc2c1CN(CC1CCC(=O)N1)CC2. The number of ether oxygens (including phenoxy) is 1. The van der Waals surface area contributed by atoms with E-state index in [0.29, 0.717) is 41.6 Å². The molecular formula is C36H39ClN6O4. The molecule has 1 fully saturated rings. The number of nitrogens with zero attached hydrogens (tertiary/aromatic N) is 3. The second-order valence-electron chi connectivity index (χ2n) is 12.0. The van der Waals surface area contributed by atoms with E-state index < -0.39 is 0 Å². The van der Waals surface area contributed by atoms with Crippen LogP contribution in [0.3, 0.4) is 0 Å².